The van der Waals surface area contributed by atoms with E-state index in [0.29, 0.717) is 0 Å². The van der Waals surface area contributed by atoms with Gasteiger partial charge in [0.1, 0.15) is 0 Å². The Hall–Kier alpha value is 0.270. The van der Waals surface area contributed by atoms with Crippen molar-refractivity contribution in [1.82, 2.24) is 5.32 Å². The highest BCUT2D eigenvalue weighted by Crippen LogP contribution is 2.21. The van der Waals surface area contributed by atoms with Crippen LogP contribution in [0.2, 0.25) is 0 Å². The molecule has 1 aliphatic rings. The first-order chi connectivity index (χ1) is 5.64. The predicted molar refractivity (Wildman–Crippen MR) is 54.8 cm³/mol. The van der Waals surface area contributed by atoms with Crippen LogP contribution in [0.4, 0.5) is 0 Å². The van der Waals surface area contributed by atoms with Crippen molar-refractivity contribution in [2.75, 3.05) is 25.2 Å². The van der Waals surface area contributed by atoms with Gasteiger partial charge in [0.15, 0.2) is 0 Å². The molecule has 0 aromatic carbocycles. The van der Waals surface area contributed by atoms with Crippen molar-refractivity contribution in [3.63, 3.8) is 0 Å². The van der Waals surface area contributed by atoms with Gasteiger partial charge in [0.25, 0.3) is 0 Å². The molecule has 0 atom stereocenters. The van der Waals surface area contributed by atoms with Gasteiger partial charge in [0.05, 0.1) is 0 Å². The lowest BCUT2D eigenvalue weighted by Crippen LogP contribution is -2.52. The van der Waals surface area contributed by atoms with Crippen molar-refractivity contribution in [1.29, 1.82) is 0 Å². The minimum absolute atomic E-state index is 0.238. The second kappa shape index (κ2) is 4.49. The zero-order valence-electron chi connectivity index (χ0n) is 8.22. The summed E-state index contributed by atoms with van der Waals surface area (Å²) in [6.45, 7) is 5.34. The SMILES string of the molecule is COCCC(C)(C)NC1CSC1. The maximum absolute atomic E-state index is 5.07. The Bertz CT molecular complexity index is 134. The van der Waals surface area contributed by atoms with Crippen molar-refractivity contribution in [2.24, 2.45) is 0 Å². The molecule has 12 heavy (non-hydrogen) atoms. The highest BCUT2D eigenvalue weighted by molar-refractivity contribution is 8.00. The van der Waals surface area contributed by atoms with E-state index in [4.69, 9.17) is 4.74 Å². The van der Waals surface area contributed by atoms with E-state index < -0.39 is 0 Å². The van der Waals surface area contributed by atoms with Crippen LogP contribution < -0.4 is 5.32 Å². The van der Waals surface area contributed by atoms with Crippen LogP contribution in [0.5, 0.6) is 0 Å². The maximum Gasteiger partial charge on any atom is 0.0479 e. The molecule has 1 saturated heterocycles. The molecule has 1 N–H and O–H groups in total. The van der Waals surface area contributed by atoms with Gasteiger partial charge in [-0.2, -0.15) is 11.8 Å². The lowest BCUT2D eigenvalue weighted by molar-refractivity contribution is 0.161. The van der Waals surface area contributed by atoms with Crippen LogP contribution in [0, 0.1) is 0 Å². The quantitative estimate of drug-likeness (QED) is 0.708. The van der Waals surface area contributed by atoms with Crippen molar-refractivity contribution >= 4 is 11.8 Å². The van der Waals surface area contributed by atoms with Crippen LogP contribution in [0.15, 0.2) is 0 Å². The first kappa shape index (κ1) is 10.4. The average Bonchev–Trinajstić information content (AvgIpc) is 1.94. The zero-order chi connectivity index (χ0) is 9.03. The van der Waals surface area contributed by atoms with Crippen LogP contribution in [0.25, 0.3) is 0 Å². The summed E-state index contributed by atoms with van der Waals surface area (Å²) in [5, 5.41) is 3.63. The molecule has 72 valence electrons. The molecule has 1 rings (SSSR count). The molecule has 0 aliphatic carbocycles. The Morgan fingerprint density at radius 3 is 2.58 bits per heavy atom. The van der Waals surface area contributed by atoms with Crippen molar-refractivity contribution in [3.05, 3.63) is 0 Å². The fourth-order valence-electron chi connectivity index (χ4n) is 1.30. The summed E-state index contributed by atoms with van der Waals surface area (Å²) in [6, 6.07) is 0.738. The van der Waals surface area contributed by atoms with Gasteiger partial charge in [-0.25, -0.2) is 0 Å². The lowest BCUT2D eigenvalue weighted by atomic mass is 10.0. The van der Waals surface area contributed by atoms with Crippen LogP contribution >= 0.6 is 11.8 Å². The van der Waals surface area contributed by atoms with E-state index in [0.717, 1.165) is 19.1 Å². The zero-order valence-corrected chi connectivity index (χ0v) is 9.04. The smallest absolute Gasteiger partial charge is 0.0479 e. The molecule has 0 spiro atoms. The van der Waals surface area contributed by atoms with Crippen LogP contribution in [-0.4, -0.2) is 36.8 Å². The third kappa shape index (κ3) is 3.33. The fourth-order valence-corrected chi connectivity index (χ4v) is 1.94. The van der Waals surface area contributed by atoms with E-state index in [9.17, 15) is 0 Å². The molecule has 1 fully saturated rings. The summed E-state index contributed by atoms with van der Waals surface area (Å²) in [7, 11) is 1.76. The van der Waals surface area contributed by atoms with E-state index in [-0.39, 0.29) is 5.54 Å². The van der Waals surface area contributed by atoms with Crippen LogP contribution in [-0.2, 0) is 4.74 Å². The number of hydrogen-bond donors (Lipinski definition) is 1. The van der Waals surface area contributed by atoms with Gasteiger partial charge in [0.2, 0.25) is 0 Å². The second-order valence-electron chi connectivity index (χ2n) is 4.01. The molecule has 0 unspecified atom stereocenters. The van der Waals surface area contributed by atoms with E-state index >= 15 is 0 Å². The highest BCUT2D eigenvalue weighted by atomic mass is 32.2. The summed E-state index contributed by atoms with van der Waals surface area (Å²) in [5.74, 6) is 2.55. The first-order valence-corrected chi connectivity index (χ1v) is 5.64. The summed E-state index contributed by atoms with van der Waals surface area (Å²) < 4.78 is 5.07. The van der Waals surface area contributed by atoms with Crippen LogP contribution in [0.1, 0.15) is 20.3 Å². The Kier molecular flexibility index (Phi) is 3.87. The average molecular weight is 189 g/mol. The monoisotopic (exact) mass is 189 g/mol. The molecule has 0 saturated carbocycles. The Morgan fingerprint density at radius 1 is 1.50 bits per heavy atom. The van der Waals surface area contributed by atoms with E-state index in [2.05, 4.69) is 19.2 Å². The van der Waals surface area contributed by atoms with Gasteiger partial charge in [-0.1, -0.05) is 0 Å². The summed E-state index contributed by atoms with van der Waals surface area (Å²) in [4.78, 5) is 0. The number of thioether (sulfide) groups is 1. The Morgan fingerprint density at radius 2 is 2.17 bits per heavy atom. The van der Waals surface area contributed by atoms with E-state index in [1.165, 1.54) is 11.5 Å². The van der Waals surface area contributed by atoms with Gasteiger partial charge in [0, 0.05) is 36.8 Å². The second-order valence-corrected chi connectivity index (χ2v) is 5.08. The summed E-state index contributed by atoms with van der Waals surface area (Å²) in [6.07, 6.45) is 1.09. The summed E-state index contributed by atoms with van der Waals surface area (Å²) >= 11 is 2.02. The Balaban J connectivity index is 2.16. The third-order valence-electron chi connectivity index (χ3n) is 2.16. The standard InChI is InChI=1S/C9H19NOS/c1-9(2,4-5-11-3)10-8-6-12-7-8/h8,10H,4-7H2,1-3H3. The van der Waals surface area contributed by atoms with Crippen molar-refractivity contribution in [2.45, 2.75) is 31.8 Å². The Labute approximate surface area is 79.4 Å². The van der Waals surface area contributed by atoms with Gasteiger partial charge in [-0.15, -0.1) is 0 Å². The number of rotatable bonds is 5. The minimum atomic E-state index is 0.238. The summed E-state index contributed by atoms with van der Waals surface area (Å²) in [5.41, 5.74) is 0.238. The normalized spacial score (nSPS) is 19.2. The molecule has 1 aliphatic heterocycles. The van der Waals surface area contributed by atoms with Crippen LogP contribution in [0.3, 0.4) is 0 Å². The molecular weight excluding hydrogens is 170 g/mol. The molecule has 2 nitrogen and oxygen atoms in total. The molecule has 0 amide bonds. The molecule has 3 heteroatoms. The maximum atomic E-state index is 5.07. The van der Waals surface area contributed by atoms with E-state index in [1.54, 1.807) is 7.11 Å². The van der Waals surface area contributed by atoms with Gasteiger partial charge >= 0.3 is 0 Å². The fraction of sp³-hybridized carbons (Fsp3) is 1.00. The molecule has 0 radical (unpaired) electrons. The largest absolute Gasteiger partial charge is 0.385 e. The number of ether oxygens (including phenoxy) is 1. The third-order valence-corrected chi connectivity index (χ3v) is 3.44. The van der Waals surface area contributed by atoms with Gasteiger partial charge in [-0.05, 0) is 20.3 Å². The topological polar surface area (TPSA) is 21.3 Å². The van der Waals surface area contributed by atoms with E-state index in [1.807, 2.05) is 11.8 Å². The molecule has 1 heterocycles. The molecular formula is C9H19NOS. The highest BCUT2D eigenvalue weighted by Gasteiger charge is 2.25. The number of methoxy groups -OCH3 is 1. The van der Waals surface area contributed by atoms with Gasteiger partial charge < -0.3 is 10.1 Å². The van der Waals surface area contributed by atoms with Crippen molar-refractivity contribution < 1.29 is 4.74 Å². The van der Waals surface area contributed by atoms with Gasteiger partial charge in [-0.3, -0.25) is 0 Å². The molecule has 0 aromatic rings. The minimum Gasteiger partial charge on any atom is -0.385 e. The number of hydrogen-bond acceptors (Lipinski definition) is 3. The molecule has 0 aromatic heterocycles. The molecule has 0 bridgehead atoms. The lowest BCUT2D eigenvalue weighted by Gasteiger charge is -2.36. The predicted octanol–water partition coefficient (Wildman–Crippen LogP) is 1.51. The number of nitrogens with one attached hydrogen (secondary N) is 1. The first-order valence-electron chi connectivity index (χ1n) is 4.48. The van der Waals surface area contributed by atoms with Crippen molar-refractivity contribution in [3.8, 4) is 0 Å².